The molecule has 0 amide bonds. The topological polar surface area (TPSA) is 43.4 Å². The lowest BCUT2D eigenvalue weighted by molar-refractivity contribution is -0.148. The highest BCUT2D eigenvalue weighted by atomic mass is 16.5. The van der Waals surface area contributed by atoms with Gasteiger partial charge in [0.25, 0.3) is 0 Å². The summed E-state index contributed by atoms with van der Waals surface area (Å²) in [7, 11) is 0. The fourth-order valence-electron chi connectivity index (χ4n) is 2.53. The van der Waals surface area contributed by atoms with Crippen molar-refractivity contribution in [1.82, 2.24) is 0 Å². The zero-order valence-electron chi connectivity index (χ0n) is 17.2. The normalized spacial score (nSPS) is 16.7. The first-order chi connectivity index (χ1) is 12.6. The van der Waals surface area contributed by atoms with Gasteiger partial charge in [0.2, 0.25) is 0 Å². The first-order valence-corrected chi connectivity index (χ1v) is 9.94. The van der Waals surface area contributed by atoms with E-state index in [2.05, 4.69) is 25.2 Å². The predicted octanol–water partition coefficient (Wildman–Crippen LogP) is 6.26. The van der Waals surface area contributed by atoms with Crippen molar-refractivity contribution in [3.8, 4) is 0 Å². The number of hydrogen-bond acceptors (Lipinski definition) is 3. The van der Waals surface area contributed by atoms with Crippen LogP contribution in [-0.4, -0.2) is 17.9 Å². The van der Waals surface area contributed by atoms with E-state index in [-0.39, 0.29) is 17.9 Å². The highest BCUT2D eigenvalue weighted by Crippen LogP contribution is 2.21. The van der Waals surface area contributed by atoms with Crippen LogP contribution in [0.5, 0.6) is 0 Å². The number of ketones is 1. The summed E-state index contributed by atoms with van der Waals surface area (Å²) in [4.78, 5) is 23.9. The highest BCUT2D eigenvalue weighted by Gasteiger charge is 2.18. The molecule has 3 nitrogen and oxygen atoms in total. The summed E-state index contributed by atoms with van der Waals surface area (Å²) in [5.41, 5.74) is 1.63. The quantitative estimate of drug-likeness (QED) is 0.200. The van der Waals surface area contributed by atoms with Crippen molar-refractivity contribution in [2.45, 2.75) is 85.7 Å². The van der Waals surface area contributed by atoms with Gasteiger partial charge < -0.3 is 4.74 Å². The second-order valence-electron chi connectivity index (χ2n) is 6.07. The average molecular weight is 361 g/mol. The van der Waals surface area contributed by atoms with E-state index < -0.39 is 0 Å². The summed E-state index contributed by atoms with van der Waals surface area (Å²) in [6.45, 7) is 9.89. The molecule has 0 aromatic carbocycles. The Balaban J connectivity index is 0.00000301. The summed E-state index contributed by atoms with van der Waals surface area (Å²) in [5.74, 6) is -0.0321. The van der Waals surface area contributed by atoms with Gasteiger partial charge in [0.05, 0.1) is 0 Å². The minimum absolute atomic E-state index is 0.121. The maximum absolute atomic E-state index is 12.0. The minimum atomic E-state index is -0.191. The van der Waals surface area contributed by atoms with Gasteiger partial charge in [-0.3, -0.25) is 9.59 Å². The molecule has 0 aliphatic heterocycles. The number of ether oxygens (including phenoxy) is 1. The lowest BCUT2D eigenvalue weighted by Crippen LogP contribution is -2.17. The zero-order chi connectivity index (χ0) is 19.8. The Morgan fingerprint density at radius 3 is 2.54 bits per heavy atom. The van der Waals surface area contributed by atoms with Crippen LogP contribution in [0.1, 0.15) is 79.6 Å². The van der Waals surface area contributed by atoms with E-state index in [1.54, 1.807) is 0 Å². The number of esters is 1. The van der Waals surface area contributed by atoms with E-state index >= 15 is 0 Å². The van der Waals surface area contributed by atoms with Crippen molar-refractivity contribution >= 4 is 11.8 Å². The van der Waals surface area contributed by atoms with Crippen LogP contribution >= 0.6 is 0 Å². The Kier molecular flexibility index (Phi) is 14.2. The van der Waals surface area contributed by atoms with E-state index in [0.29, 0.717) is 25.7 Å². The maximum atomic E-state index is 12.0. The molecule has 1 unspecified atom stereocenters. The molecule has 3 heteroatoms. The second-order valence-corrected chi connectivity index (χ2v) is 6.07. The van der Waals surface area contributed by atoms with E-state index in [4.69, 9.17) is 4.74 Å². The van der Waals surface area contributed by atoms with Gasteiger partial charge in [-0.15, -0.1) is 0 Å². The molecule has 0 fully saturated rings. The molecule has 0 aromatic rings. The van der Waals surface area contributed by atoms with Crippen molar-refractivity contribution in [2.75, 3.05) is 0 Å². The molecule has 1 aliphatic rings. The number of allylic oxidation sites excluding steroid dienone is 6. The Morgan fingerprint density at radius 1 is 1.23 bits per heavy atom. The Bertz CT molecular complexity index is 536. The summed E-state index contributed by atoms with van der Waals surface area (Å²) in [6, 6.07) is 0. The van der Waals surface area contributed by atoms with Gasteiger partial charge in [0.1, 0.15) is 6.10 Å². The molecule has 26 heavy (non-hydrogen) atoms. The van der Waals surface area contributed by atoms with Crippen LogP contribution in [0.4, 0.5) is 0 Å². The average Bonchev–Trinajstić information content (AvgIpc) is 2.97. The van der Waals surface area contributed by atoms with Gasteiger partial charge in [-0.2, -0.15) is 0 Å². The van der Waals surface area contributed by atoms with Crippen molar-refractivity contribution in [3.63, 3.8) is 0 Å². The Labute approximate surface area is 159 Å². The standard InChI is InChI=1S/C21H30O3.C2H6/c1-4-6-8-10-12-20(22)24-19(11-9-7-5-2)16-15-18-14-13-17(3)21(18)23;1-2/h4,6-7,9,13,15,19H,5,8,10-12,14,16H2,1-3H3;1-2H3/b6-4-,9-7-,18-15+;. The zero-order valence-corrected chi connectivity index (χ0v) is 17.2. The van der Waals surface area contributed by atoms with Crippen molar-refractivity contribution in [1.29, 1.82) is 0 Å². The fourth-order valence-corrected chi connectivity index (χ4v) is 2.53. The molecule has 0 saturated carbocycles. The van der Waals surface area contributed by atoms with E-state index in [1.165, 1.54) is 0 Å². The smallest absolute Gasteiger partial charge is 0.306 e. The van der Waals surface area contributed by atoms with Crippen molar-refractivity contribution < 1.29 is 14.3 Å². The molecule has 0 radical (unpaired) electrons. The van der Waals surface area contributed by atoms with Gasteiger partial charge in [-0.1, -0.05) is 57.2 Å². The lowest BCUT2D eigenvalue weighted by atomic mass is 10.1. The van der Waals surface area contributed by atoms with Crippen LogP contribution in [0.25, 0.3) is 0 Å². The SMILES string of the molecule is C/C=C\CCCC(=O)OC(C/C=C\CC)C/C=C1\CC=C(C)C1=O.CC. The third-order valence-electron chi connectivity index (χ3n) is 3.99. The first-order valence-electron chi connectivity index (χ1n) is 9.94. The van der Waals surface area contributed by atoms with Crippen LogP contribution in [-0.2, 0) is 14.3 Å². The third kappa shape index (κ3) is 10.2. The van der Waals surface area contributed by atoms with Gasteiger partial charge in [-0.25, -0.2) is 0 Å². The number of carbonyl (C=O) groups excluding carboxylic acids is 2. The molecule has 1 rings (SSSR count). The Hall–Kier alpha value is -1.90. The molecular weight excluding hydrogens is 324 g/mol. The molecule has 1 atom stereocenters. The summed E-state index contributed by atoms with van der Waals surface area (Å²) < 4.78 is 5.61. The number of carbonyl (C=O) groups is 2. The molecular formula is C23H36O3. The van der Waals surface area contributed by atoms with Crippen molar-refractivity contribution in [2.24, 2.45) is 0 Å². The number of Topliss-reactive ketones (excluding diaryl/α,β-unsaturated/α-hetero) is 1. The second kappa shape index (κ2) is 15.4. The molecule has 0 spiro atoms. The Morgan fingerprint density at radius 2 is 1.96 bits per heavy atom. The van der Waals surface area contributed by atoms with Crippen LogP contribution in [0, 0.1) is 0 Å². The molecule has 0 N–H and O–H groups in total. The number of hydrogen-bond donors (Lipinski definition) is 0. The minimum Gasteiger partial charge on any atom is -0.462 e. The summed E-state index contributed by atoms with van der Waals surface area (Å²) in [5, 5.41) is 0. The fraction of sp³-hybridized carbons (Fsp3) is 0.565. The van der Waals surface area contributed by atoms with Crippen molar-refractivity contribution in [3.05, 3.63) is 47.6 Å². The lowest BCUT2D eigenvalue weighted by Gasteiger charge is -2.15. The van der Waals surface area contributed by atoms with Gasteiger partial charge in [0, 0.05) is 19.3 Å². The van der Waals surface area contributed by atoms with Gasteiger partial charge >= 0.3 is 5.97 Å². The maximum Gasteiger partial charge on any atom is 0.306 e. The molecule has 0 bridgehead atoms. The van der Waals surface area contributed by atoms with Gasteiger partial charge in [-0.05, 0) is 50.7 Å². The monoisotopic (exact) mass is 360 g/mol. The highest BCUT2D eigenvalue weighted by molar-refractivity contribution is 6.10. The van der Waals surface area contributed by atoms with Crippen LogP contribution in [0.2, 0.25) is 0 Å². The van der Waals surface area contributed by atoms with Crippen LogP contribution in [0.3, 0.4) is 0 Å². The molecule has 146 valence electrons. The molecule has 1 aliphatic carbocycles. The molecule has 0 saturated heterocycles. The molecule has 0 aromatic heterocycles. The molecule has 0 heterocycles. The van der Waals surface area contributed by atoms with E-state index in [1.807, 2.05) is 45.9 Å². The summed E-state index contributed by atoms with van der Waals surface area (Å²) in [6.07, 6.45) is 17.0. The van der Waals surface area contributed by atoms with Gasteiger partial charge in [0.15, 0.2) is 5.78 Å². The number of unbranched alkanes of at least 4 members (excludes halogenated alkanes) is 1. The van der Waals surface area contributed by atoms with E-state index in [9.17, 15) is 9.59 Å². The predicted molar refractivity (Wildman–Crippen MR) is 110 cm³/mol. The number of rotatable bonds is 10. The van der Waals surface area contributed by atoms with Crippen LogP contribution < -0.4 is 0 Å². The first kappa shape index (κ1) is 24.1. The van der Waals surface area contributed by atoms with E-state index in [0.717, 1.165) is 30.4 Å². The largest absolute Gasteiger partial charge is 0.462 e. The third-order valence-corrected chi connectivity index (χ3v) is 3.99. The van der Waals surface area contributed by atoms with Crippen LogP contribution in [0.15, 0.2) is 47.6 Å². The summed E-state index contributed by atoms with van der Waals surface area (Å²) >= 11 is 0.